The number of rotatable bonds is 3. The van der Waals surface area contributed by atoms with Crippen LogP contribution in [0.1, 0.15) is 38.5 Å². The van der Waals surface area contributed by atoms with Gasteiger partial charge in [-0.2, -0.15) is 0 Å². The fourth-order valence-electron chi connectivity index (χ4n) is 3.72. The third kappa shape index (κ3) is 2.27. The molecule has 3 heteroatoms. The van der Waals surface area contributed by atoms with Gasteiger partial charge in [0.1, 0.15) is 0 Å². The van der Waals surface area contributed by atoms with Crippen LogP contribution in [0.5, 0.6) is 0 Å². The summed E-state index contributed by atoms with van der Waals surface area (Å²) in [5.74, 6) is 0.878. The van der Waals surface area contributed by atoms with Gasteiger partial charge in [-0.25, -0.2) is 0 Å². The van der Waals surface area contributed by atoms with Crippen LogP contribution in [0.25, 0.3) is 0 Å². The molecule has 2 heterocycles. The number of hydrogen-bond donors (Lipinski definition) is 2. The van der Waals surface area contributed by atoms with Crippen LogP contribution in [0.3, 0.4) is 0 Å². The third-order valence-corrected chi connectivity index (χ3v) is 4.56. The van der Waals surface area contributed by atoms with Crippen LogP contribution >= 0.6 is 0 Å². The highest BCUT2D eigenvalue weighted by molar-refractivity contribution is 4.94. The van der Waals surface area contributed by atoms with Crippen LogP contribution in [0.15, 0.2) is 0 Å². The van der Waals surface area contributed by atoms with Crippen molar-refractivity contribution < 1.29 is 4.74 Å². The third-order valence-electron chi connectivity index (χ3n) is 4.56. The Kier molecular flexibility index (Phi) is 3.46. The molecule has 0 amide bonds. The summed E-state index contributed by atoms with van der Waals surface area (Å²) in [7, 11) is 0. The Bertz CT molecular complexity index is 222. The molecule has 0 aromatic rings. The maximum Gasteiger partial charge on any atom is 0.0620 e. The molecule has 1 saturated carbocycles. The minimum absolute atomic E-state index is 0.631. The van der Waals surface area contributed by atoms with Gasteiger partial charge in [0.25, 0.3) is 0 Å². The summed E-state index contributed by atoms with van der Waals surface area (Å²) in [6, 6.07) is 2.18. The van der Waals surface area contributed by atoms with Crippen LogP contribution in [0.2, 0.25) is 0 Å². The van der Waals surface area contributed by atoms with Gasteiger partial charge in [0.2, 0.25) is 0 Å². The zero-order valence-electron chi connectivity index (χ0n) is 10.1. The van der Waals surface area contributed by atoms with Crippen molar-refractivity contribution in [2.45, 2.75) is 56.7 Å². The molecule has 3 nitrogen and oxygen atoms in total. The summed E-state index contributed by atoms with van der Waals surface area (Å²) in [4.78, 5) is 0. The molecule has 3 fully saturated rings. The average Bonchev–Trinajstić information content (AvgIpc) is 2.98. The van der Waals surface area contributed by atoms with Gasteiger partial charge in [-0.05, 0) is 44.6 Å². The minimum atomic E-state index is 0.631. The SMILES string of the molecule is C1CNC(C2CCCC2NC2CCOC2)C1. The molecule has 0 aromatic heterocycles. The molecule has 3 rings (SSSR count). The van der Waals surface area contributed by atoms with Crippen LogP contribution in [0, 0.1) is 5.92 Å². The van der Waals surface area contributed by atoms with E-state index in [1.54, 1.807) is 0 Å². The van der Waals surface area contributed by atoms with Gasteiger partial charge in [-0.3, -0.25) is 0 Å². The number of ether oxygens (including phenoxy) is 1. The van der Waals surface area contributed by atoms with E-state index in [-0.39, 0.29) is 0 Å². The average molecular weight is 224 g/mol. The van der Waals surface area contributed by atoms with Gasteiger partial charge in [-0.15, -0.1) is 0 Å². The van der Waals surface area contributed by atoms with E-state index in [0.29, 0.717) is 6.04 Å². The van der Waals surface area contributed by atoms with Crippen molar-refractivity contribution in [1.29, 1.82) is 0 Å². The van der Waals surface area contributed by atoms with Crippen molar-refractivity contribution in [1.82, 2.24) is 10.6 Å². The van der Waals surface area contributed by atoms with E-state index >= 15 is 0 Å². The lowest BCUT2D eigenvalue weighted by atomic mass is 9.92. The molecular weight excluding hydrogens is 200 g/mol. The number of hydrogen-bond acceptors (Lipinski definition) is 3. The number of nitrogens with one attached hydrogen (secondary N) is 2. The summed E-state index contributed by atoms with van der Waals surface area (Å²) in [5.41, 5.74) is 0. The molecule has 92 valence electrons. The molecule has 2 aliphatic heterocycles. The Labute approximate surface area is 98.3 Å². The van der Waals surface area contributed by atoms with Crippen molar-refractivity contribution in [3.8, 4) is 0 Å². The second-order valence-electron chi connectivity index (χ2n) is 5.63. The second kappa shape index (κ2) is 5.03. The highest BCUT2D eigenvalue weighted by Crippen LogP contribution is 2.32. The quantitative estimate of drug-likeness (QED) is 0.758. The van der Waals surface area contributed by atoms with Crippen molar-refractivity contribution >= 4 is 0 Å². The summed E-state index contributed by atoms with van der Waals surface area (Å²) >= 11 is 0. The molecule has 16 heavy (non-hydrogen) atoms. The minimum Gasteiger partial charge on any atom is -0.380 e. The summed E-state index contributed by atoms with van der Waals surface area (Å²) in [5, 5.41) is 7.52. The van der Waals surface area contributed by atoms with Gasteiger partial charge < -0.3 is 15.4 Å². The van der Waals surface area contributed by atoms with E-state index < -0.39 is 0 Å². The highest BCUT2D eigenvalue weighted by atomic mass is 16.5. The predicted octanol–water partition coefficient (Wildman–Crippen LogP) is 1.29. The normalized spacial score (nSPS) is 44.2. The van der Waals surface area contributed by atoms with Crippen LogP contribution in [-0.2, 0) is 4.74 Å². The maximum absolute atomic E-state index is 5.45. The van der Waals surface area contributed by atoms with Crippen LogP contribution < -0.4 is 10.6 Å². The molecule has 1 aliphatic carbocycles. The zero-order valence-corrected chi connectivity index (χ0v) is 10.1. The molecule has 4 unspecified atom stereocenters. The van der Waals surface area contributed by atoms with Crippen LogP contribution in [-0.4, -0.2) is 37.9 Å². The summed E-state index contributed by atoms with van der Waals surface area (Å²) in [6.45, 7) is 3.12. The first kappa shape index (κ1) is 11.0. The van der Waals surface area contributed by atoms with E-state index in [2.05, 4.69) is 10.6 Å². The Morgan fingerprint density at radius 3 is 2.81 bits per heavy atom. The molecule has 0 bridgehead atoms. The second-order valence-corrected chi connectivity index (χ2v) is 5.63. The molecule has 2 saturated heterocycles. The molecule has 4 atom stereocenters. The first-order chi connectivity index (χ1) is 7.93. The predicted molar refractivity (Wildman–Crippen MR) is 64.5 cm³/mol. The van der Waals surface area contributed by atoms with Gasteiger partial charge in [0.15, 0.2) is 0 Å². The summed E-state index contributed by atoms with van der Waals surface area (Å²) < 4.78 is 5.45. The Hall–Kier alpha value is -0.120. The van der Waals surface area contributed by atoms with Gasteiger partial charge in [-0.1, -0.05) is 6.42 Å². The molecule has 0 radical (unpaired) electrons. The summed E-state index contributed by atoms with van der Waals surface area (Å²) in [6.07, 6.45) is 8.18. The van der Waals surface area contributed by atoms with E-state index in [1.807, 2.05) is 0 Å². The van der Waals surface area contributed by atoms with Crippen LogP contribution in [0.4, 0.5) is 0 Å². The lowest BCUT2D eigenvalue weighted by molar-refractivity contribution is 0.184. The molecule has 3 aliphatic rings. The smallest absolute Gasteiger partial charge is 0.0620 e. The molecule has 0 aromatic carbocycles. The topological polar surface area (TPSA) is 33.3 Å². The monoisotopic (exact) mass is 224 g/mol. The Morgan fingerprint density at radius 1 is 1.06 bits per heavy atom. The Morgan fingerprint density at radius 2 is 2.06 bits per heavy atom. The first-order valence-electron chi connectivity index (χ1n) is 7.00. The zero-order chi connectivity index (χ0) is 10.8. The molecule has 0 spiro atoms. The lowest BCUT2D eigenvalue weighted by Gasteiger charge is -2.28. The van der Waals surface area contributed by atoms with Crippen molar-refractivity contribution in [2.24, 2.45) is 5.92 Å². The van der Waals surface area contributed by atoms with Gasteiger partial charge in [0, 0.05) is 24.7 Å². The largest absolute Gasteiger partial charge is 0.380 e. The standard InChI is InChI=1S/C13H24N2O/c1-3-11(12-5-2-7-14-12)13(4-1)15-10-6-8-16-9-10/h10-15H,1-9H2. The highest BCUT2D eigenvalue weighted by Gasteiger charge is 2.36. The van der Waals surface area contributed by atoms with Gasteiger partial charge >= 0.3 is 0 Å². The fourth-order valence-corrected chi connectivity index (χ4v) is 3.72. The van der Waals surface area contributed by atoms with E-state index in [1.165, 1.54) is 45.1 Å². The molecule has 2 N–H and O–H groups in total. The van der Waals surface area contributed by atoms with Crippen molar-refractivity contribution in [3.05, 3.63) is 0 Å². The van der Waals surface area contributed by atoms with Crippen molar-refractivity contribution in [2.75, 3.05) is 19.8 Å². The van der Waals surface area contributed by atoms with E-state index in [9.17, 15) is 0 Å². The van der Waals surface area contributed by atoms with E-state index in [0.717, 1.165) is 31.2 Å². The van der Waals surface area contributed by atoms with Gasteiger partial charge in [0.05, 0.1) is 6.61 Å². The lowest BCUT2D eigenvalue weighted by Crippen LogP contribution is -2.46. The van der Waals surface area contributed by atoms with Crippen molar-refractivity contribution in [3.63, 3.8) is 0 Å². The maximum atomic E-state index is 5.45. The molecular formula is C13H24N2O. The fraction of sp³-hybridized carbons (Fsp3) is 1.00. The van der Waals surface area contributed by atoms with E-state index in [4.69, 9.17) is 4.74 Å². The Balaban J connectivity index is 1.55. The first-order valence-corrected chi connectivity index (χ1v) is 7.00.